The van der Waals surface area contributed by atoms with Crippen molar-refractivity contribution in [3.05, 3.63) is 84.8 Å². The number of amides is 1. The number of hydrogen-bond donors (Lipinski definition) is 0. The zero-order chi connectivity index (χ0) is 23.6. The van der Waals surface area contributed by atoms with Gasteiger partial charge in [-0.3, -0.25) is 4.79 Å². The molecule has 0 saturated carbocycles. The fraction of sp³-hybridized carbons (Fsp3) is 0.429. The van der Waals surface area contributed by atoms with Gasteiger partial charge in [-0.25, -0.2) is 4.98 Å². The number of carbonyl (C=O) groups excluding carboxylic acids is 1. The normalized spacial score (nSPS) is 14.1. The quantitative estimate of drug-likeness (QED) is 0.271. The summed E-state index contributed by atoms with van der Waals surface area (Å²) in [7, 11) is 0. The van der Waals surface area contributed by atoms with E-state index in [4.69, 9.17) is 0 Å². The van der Waals surface area contributed by atoms with Crippen molar-refractivity contribution in [3.8, 4) is 0 Å². The molecule has 0 bridgehead atoms. The molecular weight excluding hydrogens is 426 g/mol. The third kappa shape index (κ3) is 7.23. The summed E-state index contributed by atoms with van der Waals surface area (Å²) in [5, 5.41) is 0.694. The molecule has 0 saturated heterocycles. The topological polar surface area (TPSA) is 38.1 Å². The Hall–Kier alpha value is -2.53. The van der Waals surface area contributed by atoms with Gasteiger partial charge in [-0.15, -0.1) is 0 Å². The van der Waals surface area contributed by atoms with E-state index in [1.165, 1.54) is 5.56 Å². The molecule has 0 unspecified atom stereocenters. The predicted molar refractivity (Wildman–Crippen MR) is 138 cm³/mol. The molecule has 2 aromatic heterocycles. The number of hydrogen-bond acceptors (Lipinski definition) is 3. The number of rotatable bonds is 12. The van der Waals surface area contributed by atoms with E-state index in [0.717, 1.165) is 30.8 Å². The summed E-state index contributed by atoms with van der Waals surface area (Å²) in [5.41, 5.74) is 1.17. The van der Waals surface area contributed by atoms with Crippen LogP contribution in [0.3, 0.4) is 0 Å². The Labute approximate surface area is 203 Å². The van der Waals surface area contributed by atoms with Crippen LogP contribution in [0.25, 0.3) is 0 Å². The third-order valence-corrected chi connectivity index (χ3v) is 7.09. The molecule has 0 spiro atoms. The molecule has 5 heteroatoms. The number of benzene rings is 1. The fourth-order valence-corrected chi connectivity index (χ4v) is 5.38. The molecule has 2 heterocycles. The van der Waals surface area contributed by atoms with E-state index in [2.05, 4.69) is 78.8 Å². The summed E-state index contributed by atoms with van der Waals surface area (Å²) in [5.74, 6) is 0.584. The summed E-state index contributed by atoms with van der Waals surface area (Å²) in [6.07, 6.45) is 8.93. The summed E-state index contributed by atoms with van der Waals surface area (Å²) >= 11 is 1.60. The summed E-state index contributed by atoms with van der Waals surface area (Å²) in [6, 6.07) is 20.7. The van der Waals surface area contributed by atoms with Gasteiger partial charge in [0, 0.05) is 31.2 Å². The summed E-state index contributed by atoms with van der Waals surface area (Å²) < 4.78 is 2.26. The van der Waals surface area contributed by atoms with Gasteiger partial charge >= 0.3 is 0 Å². The van der Waals surface area contributed by atoms with Crippen LogP contribution in [-0.4, -0.2) is 32.2 Å². The highest BCUT2D eigenvalue weighted by Crippen LogP contribution is 2.34. The molecule has 33 heavy (non-hydrogen) atoms. The first-order chi connectivity index (χ1) is 16.0. The molecule has 0 aliphatic carbocycles. The summed E-state index contributed by atoms with van der Waals surface area (Å²) in [6.45, 7) is 9.45. The maximum absolute atomic E-state index is 14.2. The standard InChI is InChI=1S/C28H37N3OS/c1-5-13-25(30-18-11-12-19-30)20-26(33-27-16-9-10-17-29-27)28(32)31(21-22(2)3)23(4)24-14-7-6-8-15-24/h6-12,14-19,22-23,25-26H,5,13,20-21H2,1-4H3/t23-,25+,26+/m0/s1. The van der Waals surface area contributed by atoms with Gasteiger partial charge in [0.2, 0.25) is 5.91 Å². The number of pyridine rings is 1. The Morgan fingerprint density at radius 1 is 1.00 bits per heavy atom. The molecule has 3 aromatic rings. The van der Waals surface area contributed by atoms with E-state index in [0.29, 0.717) is 5.92 Å². The molecule has 176 valence electrons. The van der Waals surface area contributed by atoms with E-state index in [9.17, 15) is 4.79 Å². The minimum Gasteiger partial charge on any atom is -0.351 e. The second-order valence-electron chi connectivity index (χ2n) is 9.05. The van der Waals surface area contributed by atoms with Gasteiger partial charge in [-0.1, -0.05) is 75.4 Å². The summed E-state index contributed by atoms with van der Waals surface area (Å²) in [4.78, 5) is 20.8. The molecule has 3 atom stereocenters. The van der Waals surface area contributed by atoms with Gasteiger partial charge in [0.25, 0.3) is 0 Å². The lowest BCUT2D eigenvalue weighted by Gasteiger charge is -2.35. The van der Waals surface area contributed by atoms with Crippen LogP contribution in [-0.2, 0) is 4.79 Å². The average Bonchev–Trinajstić information content (AvgIpc) is 3.37. The van der Waals surface area contributed by atoms with Crippen LogP contribution in [0.5, 0.6) is 0 Å². The third-order valence-electron chi connectivity index (χ3n) is 5.93. The van der Waals surface area contributed by atoms with Crippen LogP contribution in [0.2, 0.25) is 0 Å². The van der Waals surface area contributed by atoms with Crippen LogP contribution < -0.4 is 0 Å². The van der Waals surface area contributed by atoms with E-state index in [1.807, 2.05) is 36.4 Å². The first kappa shape index (κ1) is 25.1. The average molecular weight is 464 g/mol. The lowest BCUT2D eigenvalue weighted by molar-refractivity contribution is -0.133. The highest BCUT2D eigenvalue weighted by molar-refractivity contribution is 8.00. The van der Waals surface area contributed by atoms with Gasteiger partial charge in [0.15, 0.2) is 0 Å². The van der Waals surface area contributed by atoms with Crippen molar-refractivity contribution >= 4 is 17.7 Å². The number of thioether (sulfide) groups is 1. The molecule has 0 radical (unpaired) electrons. The number of aromatic nitrogens is 2. The Morgan fingerprint density at radius 3 is 2.30 bits per heavy atom. The lowest BCUT2D eigenvalue weighted by Crippen LogP contribution is -2.42. The van der Waals surface area contributed by atoms with Crippen LogP contribution in [0.15, 0.2) is 84.3 Å². The first-order valence-electron chi connectivity index (χ1n) is 12.0. The molecule has 4 nitrogen and oxygen atoms in total. The molecule has 0 fully saturated rings. The van der Waals surface area contributed by atoms with Crippen LogP contribution in [0.4, 0.5) is 0 Å². The van der Waals surface area contributed by atoms with Gasteiger partial charge in [-0.05, 0) is 55.5 Å². The molecular formula is C28H37N3OS. The Bertz CT molecular complexity index is 944. The maximum atomic E-state index is 14.2. The Morgan fingerprint density at radius 2 is 1.70 bits per heavy atom. The predicted octanol–water partition coefficient (Wildman–Crippen LogP) is 7.02. The second kappa shape index (κ2) is 12.6. The molecule has 1 amide bonds. The molecule has 3 rings (SSSR count). The van der Waals surface area contributed by atoms with Crippen molar-refractivity contribution in [3.63, 3.8) is 0 Å². The van der Waals surface area contributed by atoms with E-state index in [-0.39, 0.29) is 23.2 Å². The highest BCUT2D eigenvalue weighted by atomic mass is 32.2. The van der Waals surface area contributed by atoms with Crippen molar-refractivity contribution in [2.75, 3.05) is 6.54 Å². The lowest BCUT2D eigenvalue weighted by atomic mass is 10.0. The van der Waals surface area contributed by atoms with Crippen molar-refractivity contribution in [1.29, 1.82) is 0 Å². The van der Waals surface area contributed by atoms with Crippen molar-refractivity contribution in [2.24, 2.45) is 5.92 Å². The zero-order valence-corrected chi connectivity index (χ0v) is 21.1. The second-order valence-corrected chi connectivity index (χ2v) is 10.3. The largest absolute Gasteiger partial charge is 0.351 e. The van der Waals surface area contributed by atoms with Crippen LogP contribution in [0.1, 0.15) is 64.6 Å². The van der Waals surface area contributed by atoms with E-state index in [1.54, 1.807) is 18.0 Å². The molecule has 0 aliphatic rings. The van der Waals surface area contributed by atoms with E-state index < -0.39 is 0 Å². The SMILES string of the molecule is CCC[C@H](C[C@@H](Sc1ccccn1)C(=O)N(CC(C)C)[C@@H](C)c1ccccc1)n1cccc1. The zero-order valence-electron chi connectivity index (χ0n) is 20.3. The molecule has 0 aliphatic heterocycles. The van der Waals surface area contributed by atoms with Gasteiger partial charge in [0.05, 0.1) is 16.3 Å². The number of nitrogens with zero attached hydrogens (tertiary/aromatic N) is 3. The smallest absolute Gasteiger partial charge is 0.236 e. The molecule has 1 aromatic carbocycles. The van der Waals surface area contributed by atoms with Gasteiger partial charge in [0.1, 0.15) is 0 Å². The minimum atomic E-state index is -0.205. The molecule has 0 N–H and O–H groups in total. The van der Waals surface area contributed by atoms with Crippen molar-refractivity contribution in [1.82, 2.24) is 14.5 Å². The van der Waals surface area contributed by atoms with Crippen LogP contribution >= 0.6 is 11.8 Å². The minimum absolute atomic E-state index is 0.0177. The Balaban J connectivity index is 1.92. The number of carbonyl (C=O) groups is 1. The first-order valence-corrected chi connectivity index (χ1v) is 12.9. The monoisotopic (exact) mass is 463 g/mol. The fourth-order valence-electron chi connectivity index (χ4n) is 4.25. The van der Waals surface area contributed by atoms with E-state index >= 15 is 0 Å². The Kier molecular flexibility index (Phi) is 9.61. The maximum Gasteiger partial charge on any atom is 0.236 e. The van der Waals surface area contributed by atoms with Gasteiger partial charge < -0.3 is 9.47 Å². The van der Waals surface area contributed by atoms with Crippen LogP contribution in [0, 0.1) is 5.92 Å². The highest BCUT2D eigenvalue weighted by Gasteiger charge is 2.32. The van der Waals surface area contributed by atoms with Crippen molar-refractivity contribution < 1.29 is 4.79 Å². The van der Waals surface area contributed by atoms with Crippen molar-refractivity contribution in [2.45, 2.75) is 69.3 Å². The van der Waals surface area contributed by atoms with Gasteiger partial charge in [-0.2, -0.15) is 0 Å².